The van der Waals surface area contributed by atoms with Crippen molar-refractivity contribution >= 4 is 33.5 Å². The molecule has 0 bridgehead atoms. The lowest BCUT2D eigenvalue weighted by molar-refractivity contribution is -0.142. The Balaban J connectivity index is 1.39. The SMILES string of the molecule is CCOC(=O)Cc1cc(C)ccc1OCc1c2cc(-c3cccc4c(N)nccc34)ccc2nn1C1CCC1. The first-order valence-electron chi connectivity index (χ1n) is 13.5. The van der Waals surface area contributed by atoms with Gasteiger partial charge in [-0.3, -0.25) is 9.48 Å². The number of fused-ring (bicyclic) bond motifs is 2. The van der Waals surface area contributed by atoms with E-state index in [1.807, 2.05) is 50.2 Å². The van der Waals surface area contributed by atoms with Crippen LogP contribution in [0, 0.1) is 6.92 Å². The number of pyridine rings is 1. The number of carbonyl (C=O) groups is 1. The van der Waals surface area contributed by atoms with Crippen molar-refractivity contribution in [2.45, 2.75) is 52.2 Å². The number of nitrogen functional groups attached to an aromatic ring is 1. The van der Waals surface area contributed by atoms with Crippen LogP contribution in [-0.2, 0) is 22.6 Å². The van der Waals surface area contributed by atoms with E-state index in [2.05, 4.69) is 33.9 Å². The molecule has 0 saturated heterocycles. The van der Waals surface area contributed by atoms with Crippen molar-refractivity contribution in [3.8, 4) is 16.9 Å². The average molecular weight is 521 g/mol. The predicted octanol–water partition coefficient (Wildman–Crippen LogP) is 6.55. The van der Waals surface area contributed by atoms with Crippen LogP contribution in [0.4, 0.5) is 5.82 Å². The molecular formula is C32H32N4O3. The topological polar surface area (TPSA) is 92.3 Å². The van der Waals surface area contributed by atoms with Crippen molar-refractivity contribution < 1.29 is 14.3 Å². The van der Waals surface area contributed by atoms with Crippen molar-refractivity contribution in [2.75, 3.05) is 12.3 Å². The minimum atomic E-state index is -0.256. The molecule has 6 rings (SSSR count). The van der Waals surface area contributed by atoms with Gasteiger partial charge >= 0.3 is 5.97 Å². The highest BCUT2D eigenvalue weighted by atomic mass is 16.5. The molecule has 5 aromatic rings. The molecule has 2 aromatic heterocycles. The zero-order valence-corrected chi connectivity index (χ0v) is 22.3. The quantitative estimate of drug-likeness (QED) is 0.233. The van der Waals surface area contributed by atoms with Gasteiger partial charge in [-0.2, -0.15) is 5.10 Å². The minimum absolute atomic E-state index is 0.177. The Morgan fingerprint density at radius 3 is 2.72 bits per heavy atom. The Kier molecular flexibility index (Phi) is 6.65. The number of nitrogens with two attached hydrogens (primary N) is 1. The molecule has 1 saturated carbocycles. The van der Waals surface area contributed by atoms with E-state index < -0.39 is 0 Å². The zero-order valence-electron chi connectivity index (χ0n) is 22.3. The van der Waals surface area contributed by atoms with Gasteiger partial charge in [-0.15, -0.1) is 0 Å². The fourth-order valence-corrected chi connectivity index (χ4v) is 5.38. The molecule has 39 heavy (non-hydrogen) atoms. The second-order valence-electron chi connectivity index (χ2n) is 10.2. The largest absolute Gasteiger partial charge is 0.487 e. The second kappa shape index (κ2) is 10.4. The highest BCUT2D eigenvalue weighted by molar-refractivity contribution is 6.02. The maximum Gasteiger partial charge on any atom is 0.310 e. The molecule has 2 heterocycles. The van der Waals surface area contributed by atoms with E-state index in [-0.39, 0.29) is 12.4 Å². The molecular weight excluding hydrogens is 488 g/mol. The molecule has 0 spiro atoms. The van der Waals surface area contributed by atoms with Crippen LogP contribution in [0.15, 0.2) is 66.9 Å². The van der Waals surface area contributed by atoms with E-state index in [0.29, 0.717) is 30.8 Å². The molecule has 1 aliphatic carbocycles. The molecule has 7 heteroatoms. The van der Waals surface area contributed by atoms with Crippen molar-refractivity contribution in [2.24, 2.45) is 0 Å². The first-order chi connectivity index (χ1) is 19.0. The normalized spacial score (nSPS) is 13.5. The van der Waals surface area contributed by atoms with Gasteiger partial charge in [-0.1, -0.05) is 42.0 Å². The summed E-state index contributed by atoms with van der Waals surface area (Å²) in [7, 11) is 0. The fraction of sp³-hybridized carbons (Fsp3) is 0.281. The van der Waals surface area contributed by atoms with Crippen LogP contribution >= 0.6 is 0 Å². The summed E-state index contributed by atoms with van der Waals surface area (Å²) in [4.78, 5) is 16.5. The first-order valence-corrected chi connectivity index (χ1v) is 13.5. The third-order valence-electron chi connectivity index (χ3n) is 7.59. The molecule has 7 nitrogen and oxygen atoms in total. The molecule has 1 fully saturated rings. The van der Waals surface area contributed by atoms with Gasteiger partial charge in [0.1, 0.15) is 18.2 Å². The third-order valence-corrected chi connectivity index (χ3v) is 7.59. The van der Waals surface area contributed by atoms with Crippen molar-refractivity contribution in [3.05, 3.63) is 83.7 Å². The van der Waals surface area contributed by atoms with E-state index in [4.69, 9.17) is 20.3 Å². The van der Waals surface area contributed by atoms with Crippen molar-refractivity contribution in [3.63, 3.8) is 0 Å². The Morgan fingerprint density at radius 2 is 1.92 bits per heavy atom. The number of aryl methyl sites for hydroxylation is 1. The second-order valence-corrected chi connectivity index (χ2v) is 10.2. The summed E-state index contributed by atoms with van der Waals surface area (Å²) < 4.78 is 13.8. The number of carbonyl (C=O) groups excluding carboxylic acids is 1. The number of anilines is 1. The Labute approximate surface area is 227 Å². The van der Waals surface area contributed by atoms with Gasteiger partial charge in [-0.25, -0.2) is 4.98 Å². The van der Waals surface area contributed by atoms with Crippen molar-refractivity contribution in [1.82, 2.24) is 14.8 Å². The highest BCUT2D eigenvalue weighted by Crippen LogP contribution is 2.37. The molecule has 3 aromatic carbocycles. The monoisotopic (exact) mass is 520 g/mol. The molecule has 0 unspecified atom stereocenters. The van der Waals surface area contributed by atoms with E-state index in [9.17, 15) is 4.79 Å². The maximum absolute atomic E-state index is 12.3. The van der Waals surface area contributed by atoms with Gasteiger partial charge in [0.05, 0.1) is 30.3 Å². The van der Waals surface area contributed by atoms with Gasteiger partial charge in [0, 0.05) is 22.5 Å². The number of rotatable bonds is 8. The summed E-state index contributed by atoms with van der Waals surface area (Å²) in [6, 6.07) is 20.9. The first kappa shape index (κ1) is 24.9. The van der Waals surface area contributed by atoms with Gasteiger partial charge in [0.25, 0.3) is 0 Å². The molecule has 0 amide bonds. The lowest BCUT2D eigenvalue weighted by Gasteiger charge is -2.27. The Bertz CT molecular complexity index is 1690. The molecule has 2 N–H and O–H groups in total. The standard InChI is InChI=1S/C32H32N4O3/c1-3-38-31(37)18-22-16-20(2)10-13-30(22)39-19-29-27-17-21(11-12-28(27)35-36(29)23-6-4-7-23)24-8-5-9-26-25(24)14-15-34-32(26)33/h5,8-17,23H,3-4,6-7,18-19H2,1-2H3,(H2,33,34). The van der Waals surface area contributed by atoms with Gasteiger partial charge in [-0.05, 0) is 73.9 Å². The molecule has 0 radical (unpaired) electrons. The average Bonchev–Trinajstić information content (AvgIpc) is 3.24. The van der Waals surface area contributed by atoms with Gasteiger partial charge < -0.3 is 15.2 Å². The van der Waals surface area contributed by atoms with E-state index in [1.165, 1.54) is 6.42 Å². The summed E-state index contributed by atoms with van der Waals surface area (Å²) >= 11 is 0. The van der Waals surface area contributed by atoms with Crippen LogP contribution in [0.2, 0.25) is 0 Å². The molecule has 1 aliphatic rings. The third kappa shape index (κ3) is 4.80. The fourth-order valence-electron chi connectivity index (χ4n) is 5.38. The van der Waals surface area contributed by atoms with Crippen LogP contribution in [0.3, 0.4) is 0 Å². The van der Waals surface area contributed by atoms with Gasteiger partial charge in [0.2, 0.25) is 0 Å². The maximum atomic E-state index is 12.3. The summed E-state index contributed by atoms with van der Waals surface area (Å²) in [6.45, 7) is 4.53. The number of esters is 1. The number of hydrogen-bond donors (Lipinski definition) is 1. The summed E-state index contributed by atoms with van der Waals surface area (Å²) in [5, 5.41) is 8.08. The zero-order chi connectivity index (χ0) is 26.9. The summed E-state index contributed by atoms with van der Waals surface area (Å²) in [5.74, 6) is 0.962. The minimum Gasteiger partial charge on any atom is -0.487 e. The lowest BCUT2D eigenvalue weighted by atomic mass is 9.93. The molecule has 0 aliphatic heterocycles. The predicted molar refractivity (Wildman–Crippen MR) is 154 cm³/mol. The summed E-state index contributed by atoms with van der Waals surface area (Å²) in [6.07, 6.45) is 5.36. The van der Waals surface area contributed by atoms with Crippen LogP contribution in [0.5, 0.6) is 5.75 Å². The number of benzene rings is 3. The Hall–Kier alpha value is -4.39. The van der Waals surface area contributed by atoms with Crippen LogP contribution < -0.4 is 10.5 Å². The highest BCUT2D eigenvalue weighted by Gasteiger charge is 2.25. The van der Waals surface area contributed by atoms with Gasteiger partial charge in [0.15, 0.2) is 0 Å². The molecule has 0 atom stereocenters. The van der Waals surface area contributed by atoms with E-state index in [0.717, 1.165) is 62.5 Å². The smallest absolute Gasteiger partial charge is 0.310 e. The van der Waals surface area contributed by atoms with Crippen LogP contribution in [0.25, 0.3) is 32.8 Å². The van der Waals surface area contributed by atoms with Crippen LogP contribution in [-0.4, -0.2) is 27.3 Å². The van der Waals surface area contributed by atoms with E-state index in [1.54, 1.807) is 6.20 Å². The van der Waals surface area contributed by atoms with Crippen LogP contribution in [0.1, 0.15) is 49.0 Å². The number of aromatic nitrogens is 3. The molecule has 198 valence electrons. The van der Waals surface area contributed by atoms with Crippen molar-refractivity contribution in [1.29, 1.82) is 0 Å². The number of ether oxygens (including phenoxy) is 2. The van der Waals surface area contributed by atoms with E-state index >= 15 is 0 Å². The number of hydrogen-bond acceptors (Lipinski definition) is 6. The lowest BCUT2D eigenvalue weighted by Crippen LogP contribution is -2.21. The summed E-state index contributed by atoms with van der Waals surface area (Å²) in [5.41, 5.74) is 12.2. The number of nitrogens with zero attached hydrogens (tertiary/aromatic N) is 3. The Morgan fingerprint density at radius 1 is 1.05 bits per heavy atom.